The molecule has 0 aliphatic heterocycles. The van der Waals surface area contributed by atoms with Crippen molar-refractivity contribution in [3.63, 3.8) is 0 Å². The molecule has 1 aromatic heterocycles. The Morgan fingerprint density at radius 3 is 2.56 bits per heavy atom. The molecule has 0 aliphatic rings. The van der Waals surface area contributed by atoms with Gasteiger partial charge in [-0.3, -0.25) is 0 Å². The summed E-state index contributed by atoms with van der Waals surface area (Å²) in [6.07, 6.45) is 0.743. The molecular formula is C20H16BFN2S. The second-order valence-electron chi connectivity index (χ2n) is 6.21. The van der Waals surface area contributed by atoms with Crippen molar-refractivity contribution in [3.05, 3.63) is 77.6 Å². The van der Waals surface area contributed by atoms with Crippen LogP contribution in [0.5, 0.6) is 0 Å². The molecule has 0 aliphatic carbocycles. The van der Waals surface area contributed by atoms with Crippen LogP contribution < -0.4 is 11.2 Å². The molecule has 0 saturated heterocycles. The summed E-state index contributed by atoms with van der Waals surface area (Å²) in [4.78, 5) is 4.53. The van der Waals surface area contributed by atoms with E-state index >= 15 is 0 Å². The number of nitrogen functional groups attached to an aromatic ring is 1. The standard InChI is InChI=1S/C20H16BFN2S/c21-15-3-1-2-14(11-15)17-9-13(8-12-4-6-16(22)7-5-12)10-18-19(17)24-20(23)25-18/h1-7,9-11H,8,21H2,(H2,23,24). The van der Waals surface area contributed by atoms with E-state index in [0.29, 0.717) is 5.13 Å². The van der Waals surface area contributed by atoms with Crippen molar-refractivity contribution in [1.82, 2.24) is 4.98 Å². The van der Waals surface area contributed by atoms with E-state index in [1.54, 1.807) is 0 Å². The molecule has 5 heteroatoms. The number of benzene rings is 3. The van der Waals surface area contributed by atoms with Crippen LogP contribution >= 0.6 is 11.3 Å². The van der Waals surface area contributed by atoms with E-state index in [9.17, 15) is 4.39 Å². The summed E-state index contributed by atoms with van der Waals surface area (Å²) in [5, 5.41) is 0.572. The number of aromatic nitrogens is 1. The molecule has 25 heavy (non-hydrogen) atoms. The number of nitrogens with zero attached hydrogens (tertiary/aromatic N) is 1. The number of hydrogen-bond acceptors (Lipinski definition) is 3. The summed E-state index contributed by atoms with van der Waals surface area (Å²) in [6.45, 7) is 0. The highest BCUT2D eigenvalue weighted by molar-refractivity contribution is 7.22. The van der Waals surface area contributed by atoms with Crippen LogP contribution in [0.25, 0.3) is 21.3 Å². The first-order chi connectivity index (χ1) is 12.1. The molecule has 1 heterocycles. The summed E-state index contributed by atoms with van der Waals surface area (Å²) in [5.41, 5.74) is 12.6. The summed E-state index contributed by atoms with van der Waals surface area (Å²) in [7, 11) is 2.08. The number of rotatable bonds is 3. The molecule has 3 aromatic carbocycles. The fraction of sp³-hybridized carbons (Fsp3) is 0.0500. The van der Waals surface area contributed by atoms with Crippen molar-refractivity contribution in [2.45, 2.75) is 6.42 Å². The Morgan fingerprint density at radius 2 is 1.80 bits per heavy atom. The Kier molecular flexibility index (Phi) is 4.02. The molecule has 0 atom stereocenters. The van der Waals surface area contributed by atoms with E-state index in [1.165, 1.54) is 34.5 Å². The smallest absolute Gasteiger partial charge is 0.181 e. The predicted octanol–water partition coefficient (Wildman–Crippen LogP) is 3.53. The maximum Gasteiger partial charge on any atom is 0.181 e. The molecule has 0 amide bonds. The molecule has 0 spiro atoms. The van der Waals surface area contributed by atoms with Gasteiger partial charge in [0.1, 0.15) is 13.7 Å². The van der Waals surface area contributed by atoms with E-state index in [0.717, 1.165) is 33.3 Å². The minimum absolute atomic E-state index is 0.213. The third-order valence-electron chi connectivity index (χ3n) is 4.22. The Hall–Kier alpha value is -2.66. The Morgan fingerprint density at radius 1 is 1.00 bits per heavy atom. The lowest BCUT2D eigenvalue weighted by atomic mass is 9.91. The van der Waals surface area contributed by atoms with Crippen molar-refractivity contribution in [3.8, 4) is 11.1 Å². The molecule has 0 unspecified atom stereocenters. The number of halogens is 1. The summed E-state index contributed by atoms with van der Waals surface area (Å²) < 4.78 is 14.2. The van der Waals surface area contributed by atoms with Gasteiger partial charge >= 0.3 is 0 Å². The van der Waals surface area contributed by atoms with Gasteiger partial charge in [-0.2, -0.15) is 0 Å². The van der Waals surface area contributed by atoms with Gasteiger partial charge in [0, 0.05) is 5.56 Å². The van der Waals surface area contributed by atoms with Crippen molar-refractivity contribution < 1.29 is 4.39 Å². The van der Waals surface area contributed by atoms with Gasteiger partial charge in [-0.05, 0) is 47.4 Å². The second-order valence-corrected chi connectivity index (χ2v) is 7.28. The molecule has 2 nitrogen and oxygen atoms in total. The van der Waals surface area contributed by atoms with E-state index < -0.39 is 0 Å². The Labute approximate surface area is 150 Å². The molecule has 0 bridgehead atoms. The zero-order valence-corrected chi connectivity index (χ0v) is 14.6. The van der Waals surface area contributed by atoms with Gasteiger partial charge in [0.05, 0.1) is 10.2 Å². The maximum atomic E-state index is 13.1. The summed E-state index contributed by atoms with van der Waals surface area (Å²) >= 11 is 1.50. The van der Waals surface area contributed by atoms with Crippen molar-refractivity contribution >= 4 is 40.0 Å². The Bertz CT molecular complexity index is 1060. The molecular weight excluding hydrogens is 330 g/mol. The van der Waals surface area contributed by atoms with Gasteiger partial charge in [-0.1, -0.05) is 53.2 Å². The number of anilines is 1. The summed E-state index contributed by atoms with van der Waals surface area (Å²) in [6, 6.07) is 19.3. The number of nitrogens with two attached hydrogens (primary N) is 1. The average Bonchev–Trinajstić information content (AvgIpc) is 2.96. The van der Waals surface area contributed by atoms with Crippen LogP contribution in [-0.4, -0.2) is 12.8 Å². The van der Waals surface area contributed by atoms with Gasteiger partial charge in [-0.25, -0.2) is 9.37 Å². The van der Waals surface area contributed by atoms with Crippen molar-refractivity contribution in [1.29, 1.82) is 0 Å². The van der Waals surface area contributed by atoms with Gasteiger partial charge in [0.2, 0.25) is 0 Å². The lowest BCUT2D eigenvalue weighted by Crippen LogP contribution is -2.00. The van der Waals surface area contributed by atoms with Crippen LogP contribution in [0.1, 0.15) is 11.1 Å². The normalized spacial score (nSPS) is 11.1. The molecule has 0 saturated carbocycles. The first-order valence-electron chi connectivity index (χ1n) is 8.09. The van der Waals surface area contributed by atoms with E-state index in [4.69, 9.17) is 5.73 Å². The van der Waals surface area contributed by atoms with Gasteiger partial charge in [0.25, 0.3) is 0 Å². The largest absolute Gasteiger partial charge is 0.375 e. The maximum absolute atomic E-state index is 13.1. The van der Waals surface area contributed by atoms with Gasteiger partial charge in [-0.15, -0.1) is 0 Å². The predicted molar refractivity (Wildman–Crippen MR) is 107 cm³/mol. The molecule has 4 rings (SSSR count). The fourth-order valence-corrected chi connectivity index (χ4v) is 3.90. The van der Waals surface area contributed by atoms with Crippen LogP contribution in [0.15, 0.2) is 60.7 Å². The minimum atomic E-state index is -0.213. The van der Waals surface area contributed by atoms with E-state index in [-0.39, 0.29) is 5.82 Å². The molecule has 2 N–H and O–H groups in total. The third kappa shape index (κ3) is 3.28. The first-order valence-corrected chi connectivity index (χ1v) is 8.90. The number of thiazole rings is 1. The monoisotopic (exact) mass is 346 g/mol. The number of fused-ring (bicyclic) bond motifs is 1. The highest BCUT2D eigenvalue weighted by Gasteiger charge is 2.12. The average molecular weight is 346 g/mol. The second kappa shape index (κ2) is 6.33. The van der Waals surface area contributed by atoms with Crippen LogP contribution in [0.3, 0.4) is 0 Å². The first kappa shape index (κ1) is 15.8. The van der Waals surface area contributed by atoms with E-state index in [1.807, 2.05) is 12.1 Å². The third-order valence-corrected chi connectivity index (χ3v) is 5.05. The zero-order chi connectivity index (χ0) is 17.4. The topological polar surface area (TPSA) is 38.9 Å². The lowest BCUT2D eigenvalue weighted by Gasteiger charge is -2.09. The molecule has 0 radical (unpaired) electrons. The van der Waals surface area contributed by atoms with Crippen molar-refractivity contribution in [2.75, 3.05) is 5.73 Å². The van der Waals surface area contributed by atoms with Crippen LogP contribution in [0, 0.1) is 5.82 Å². The van der Waals surface area contributed by atoms with Gasteiger partial charge < -0.3 is 5.73 Å². The van der Waals surface area contributed by atoms with Crippen LogP contribution in [0.2, 0.25) is 0 Å². The number of hydrogen-bond donors (Lipinski definition) is 1. The highest BCUT2D eigenvalue weighted by atomic mass is 32.1. The van der Waals surface area contributed by atoms with Crippen LogP contribution in [0.4, 0.5) is 9.52 Å². The molecule has 4 aromatic rings. The van der Waals surface area contributed by atoms with Gasteiger partial charge in [0.15, 0.2) is 5.13 Å². The summed E-state index contributed by atoms with van der Waals surface area (Å²) in [5.74, 6) is -0.213. The molecule has 0 fully saturated rings. The Balaban J connectivity index is 1.84. The quantitative estimate of drug-likeness (QED) is 0.577. The lowest BCUT2D eigenvalue weighted by molar-refractivity contribution is 0.627. The minimum Gasteiger partial charge on any atom is -0.375 e. The zero-order valence-electron chi connectivity index (χ0n) is 13.8. The SMILES string of the molecule is Bc1cccc(-c2cc(Cc3ccc(F)cc3)cc3sc(N)nc23)c1. The van der Waals surface area contributed by atoms with E-state index in [2.05, 4.69) is 49.2 Å². The fourth-order valence-electron chi connectivity index (χ4n) is 3.08. The van der Waals surface area contributed by atoms with Crippen molar-refractivity contribution in [2.24, 2.45) is 0 Å². The van der Waals surface area contributed by atoms with Crippen LogP contribution in [-0.2, 0) is 6.42 Å². The highest BCUT2D eigenvalue weighted by Crippen LogP contribution is 2.34. The molecule has 122 valence electrons.